The van der Waals surface area contributed by atoms with E-state index in [2.05, 4.69) is 26.2 Å². The fourth-order valence-corrected chi connectivity index (χ4v) is 1.13. The van der Waals surface area contributed by atoms with Gasteiger partial charge in [0, 0.05) is 5.70 Å². The van der Waals surface area contributed by atoms with Crippen molar-refractivity contribution in [3.63, 3.8) is 0 Å². The first-order valence-electron chi connectivity index (χ1n) is 3.97. The van der Waals surface area contributed by atoms with Crippen molar-refractivity contribution in [3.8, 4) is 0 Å². The third-order valence-corrected chi connectivity index (χ3v) is 1.81. The summed E-state index contributed by atoms with van der Waals surface area (Å²) < 4.78 is 0. The molecule has 0 radical (unpaired) electrons. The molecule has 10 heavy (non-hydrogen) atoms. The average molecular weight is 142 g/mol. The maximum Gasteiger partial charge on any atom is 0.0248 e. The van der Waals surface area contributed by atoms with Gasteiger partial charge in [-0.25, -0.2) is 0 Å². The molecule has 2 nitrogen and oxygen atoms in total. The summed E-state index contributed by atoms with van der Waals surface area (Å²) in [5.74, 6) is 5.33. The molecule has 0 atom stereocenters. The molecule has 3 N–H and O–H groups in total. The minimum absolute atomic E-state index is 1.01. The highest BCUT2D eigenvalue weighted by Crippen LogP contribution is 2.11. The molecule has 60 valence electrons. The standard InChI is InChI=1S/C8H18N2/c1-4-7(5-2)8(6-3)10-9/h10H,4-6,9H2,1-3H3. The van der Waals surface area contributed by atoms with Gasteiger partial charge in [0.25, 0.3) is 0 Å². The Balaban J connectivity index is 4.20. The smallest absolute Gasteiger partial charge is 0.0248 e. The molecule has 0 rings (SSSR count). The predicted molar refractivity (Wildman–Crippen MR) is 45.2 cm³/mol. The Hall–Kier alpha value is -0.500. The predicted octanol–water partition coefficient (Wildman–Crippen LogP) is 1.93. The van der Waals surface area contributed by atoms with E-state index in [1.165, 1.54) is 11.3 Å². The van der Waals surface area contributed by atoms with E-state index in [9.17, 15) is 0 Å². The fourth-order valence-electron chi connectivity index (χ4n) is 1.13. The third kappa shape index (κ3) is 2.40. The van der Waals surface area contributed by atoms with Crippen LogP contribution in [0, 0.1) is 0 Å². The molecule has 0 amide bonds. The zero-order chi connectivity index (χ0) is 7.98. The van der Waals surface area contributed by atoms with Crippen LogP contribution in [0.25, 0.3) is 0 Å². The van der Waals surface area contributed by atoms with Crippen LogP contribution in [0.4, 0.5) is 0 Å². The van der Waals surface area contributed by atoms with Gasteiger partial charge in [-0.3, -0.25) is 5.84 Å². The summed E-state index contributed by atoms with van der Waals surface area (Å²) in [4.78, 5) is 0. The van der Waals surface area contributed by atoms with Gasteiger partial charge < -0.3 is 5.43 Å². The normalized spacial score (nSPS) is 9.20. The van der Waals surface area contributed by atoms with Crippen LogP contribution in [-0.4, -0.2) is 0 Å². The Morgan fingerprint density at radius 3 is 1.70 bits per heavy atom. The minimum atomic E-state index is 1.01. The lowest BCUT2D eigenvalue weighted by Crippen LogP contribution is -2.22. The van der Waals surface area contributed by atoms with Crippen molar-refractivity contribution >= 4 is 0 Å². The first-order chi connectivity index (χ1) is 4.79. The van der Waals surface area contributed by atoms with E-state index in [0.29, 0.717) is 0 Å². The Kier molecular flexibility index (Phi) is 5.03. The number of nitrogens with one attached hydrogen (secondary N) is 1. The number of hydrazine groups is 1. The zero-order valence-electron chi connectivity index (χ0n) is 7.20. The Bertz CT molecular complexity index is 90.4. The zero-order valence-corrected chi connectivity index (χ0v) is 7.20. The molecule has 0 aromatic rings. The van der Waals surface area contributed by atoms with Crippen molar-refractivity contribution in [2.75, 3.05) is 0 Å². The maximum atomic E-state index is 5.33. The second kappa shape index (κ2) is 5.30. The van der Waals surface area contributed by atoms with Crippen molar-refractivity contribution in [2.24, 2.45) is 5.84 Å². The van der Waals surface area contributed by atoms with Gasteiger partial charge in [-0.1, -0.05) is 26.3 Å². The molecule has 0 fully saturated rings. The number of hydrogen-bond donors (Lipinski definition) is 2. The molecule has 2 heteroatoms. The van der Waals surface area contributed by atoms with Gasteiger partial charge in [-0.05, 0) is 19.3 Å². The summed E-state index contributed by atoms with van der Waals surface area (Å²) in [6.07, 6.45) is 3.21. The van der Waals surface area contributed by atoms with Gasteiger partial charge in [0.2, 0.25) is 0 Å². The SMILES string of the molecule is CCC(CC)=C(CC)NN. The fraction of sp³-hybridized carbons (Fsp3) is 0.750. The van der Waals surface area contributed by atoms with Crippen LogP contribution in [-0.2, 0) is 0 Å². The number of nitrogens with two attached hydrogens (primary N) is 1. The van der Waals surface area contributed by atoms with E-state index in [4.69, 9.17) is 5.84 Å². The van der Waals surface area contributed by atoms with Gasteiger partial charge in [-0.2, -0.15) is 0 Å². The lowest BCUT2D eigenvalue weighted by Gasteiger charge is -2.09. The highest BCUT2D eigenvalue weighted by Gasteiger charge is 1.97. The molecule has 0 aromatic carbocycles. The molecule has 0 spiro atoms. The summed E-state index contributed by atoms with van der Waals surface area (Å²) in [6, 6.07) is 0. The molecule has 0 saturated carbocycles. The minimum Gasteiger partial charge on any atom is -0.328 e. The molecule has 0 aliphatic rings. The summed E-state index contributed by atoms with van der Waals surface area (Å²) >= 11 is 0. The molecule has 0 aromatic heterocycles. The van der Waals surface area contributed by atoms with Crippen LogP contribution in [0.15, 0.2) is 11.3 Å². The lowest BCUT2D eigenvalue weighted by molar-refractivity contribution is 0.774. The van der Waals surface area contributed by atoms with Crippen LogP contribution >= 0.6 is 0 Å². The van der Waals surface area contributed by atoms with E-state index in [1.807, 2.05) is 0 Å². The van der Waals surface area contributed by atoms with E-state index in [-0.39, 0.29) is 0 Å². The van der Waals surface area contributed by atoms with Gasteiger partial charge in [0.15, 0.2) is 0 Å². The highest BCUT2D eigenvalue weighted by atomic mass is 15.2. The third-order valence-electron chi connectivity index (χ3n) is 1.81. The molecular formula is C8H18N2. The Morgan fingerprint density at radius 1 is 1.10 bits per heavy atom. The Morgan fingerprint density at radius 2 is 1.60 bits per heavy atom. The van der Waals surface area contributed by atoms with Crippen molar-refractivity contribution < 1.29 is 0 Å². The Labute approximate surface area is 63.5 Å². The summed E-state index contributed by atoms with van der Waals surface area (Å²) in [6.45, 7) is 6.43. The first kappa shape index (κ1) is 9.50. The molecule has 0 saturated heterocycles. The van der Waals surface area contributed by atoms with Crippen LogP contribution in [0.2, 0.25) is 0 Å². The molecule has 0 heterocycles. The van der Waals surface area contributed by atoms with Gasteiger partial charge in [-0.15, -0.1) is 0 Å². The lowest BCUT2D eigenvalue weighted by atomic mass is 10.1. The average Bonchev–Trinajstić information content (AvgIpc) is 2.00. The number of allylic oxidation sites excluding steroid dienone is 2. The molecule has 0 aliphatic heterocycles. The van der Waals surface area contributed by atoms with E-state index in [0.717, 1.165) is 19.3 Å². The monoisotopic (exact) mass is 142 g/mol. The summed E-state index contributed by atoms with van der Waals surface area (Å²) in [5, 5.41) is 0. The van der Waals surface area contributed by atoms with Crippen molar-refractivity contribution in [1.29, 1.82) is 0 Å². The van der Waals surface area contributed by atoms with Crippen molar-refractivity contribution in [2.45, 2.75) is 40.0 Å². The molecule has 0 unspecified atom stereocenters. The van der Waals surface area contributed by atoms with Crippen LogP contribution in [0.5, 0.6) is 0 Å². The summed E-state index contributed by atoms with van der Waals surface area (Å²) in [7, 11) is 0. The second-order valence-electron chi connectivity index (χ2n) is 2.29. The van der Waals surface area contributed by atoms with Crippen LogP contribution in [0.3, 0.4) is 0 Å². The second-order valence-corrected chi connectivity index (χ2v) is 2.29. The summed E-state index contributed by atoms with van der Waals surface area (Å²) in [5.41, 5.74) is 5.37. The largest absolute Gasteiger partial charge is 0.328 e. The number of rotatable bonds is 4. The topological polar surface area (TPSA) is 38.0 Å². The molecule has 0 bridgehead atoms. The first-order valence-corrected chi connectivity index (χ1v) is 3.97. The van der Waals surface area contributed by atoms with E-state index >= 15 is 0 Å². The molecular weight excluding hydrogens is 124 g/mol. The van der Waals surface area contributed by atoms with Crippen LogP contribution < -0.4 is 11.3 Å². The quantitative estimate of drug-likeness (QED) is 0.465. The number of hydrogen-bond acceptors (Lipinski definition) is 2. The van der Waals surface area contributed by atoms with Gasteiger partial charge in [0.1, 0.15) is 0 Å². The van der Waals surface area contributed by atoms with Crippen LogP contribution in [0.1, 0.15) is 40.0 Å². The van der Waals surface area contributed by atoms with Gasteiger partial charge in [0.05, 0.1) is 0 Å². The van der Waals surface area contributed by atoms with E-state index in [1.54, 1.807) is 0 Å². The van der Waals surface area contributed by atoms with Gasteiger partial charge >= 0.3 is 0 Å². The van der Waals surface area contributed by atoms with E-state index < -0.39 is 0 Å². The van der Waals surface area contributed by atoms with Crippen molar-refractivity contribution in [1.82, 2.24) is 5.43 Å². The molecule has 0 aliphatic carbocycles. The van der Waals surface area contributed by atoms with Crippen molar-refractivity contribution in [3.05, 3.63) is 11.3 Å². The maximum absolute atomic E-state index is 5.33. The highest BCUT2D eigenvalue weighted by molar-refractivity contribution is 5.10.